The molecule has 0 radical (unpaired) electrons. The van der Waals surface area contributed by atoms with Gasteiger partial charge in [-0.15, -0.1) is 0 Å². The minimum Gasteiger partial charge on any atom is -0.463 e. The fourth-order valence-corrected chi connectivity index (χ4v) is 15.3. The molecule has 0 aromatic rings. The Bertz CT molecular complexity index is 3090. The fraction of sp³-hybridized carbons (Fsp3) is 0.679. The molecule has 0 aromatic heterocycles. The van der Waals surface area contributed by atoms with E-state index in [2.05, 4.69) is 215 Å². The molecule has 18 heteroatoms. The number of carbonyl (C=O) groups is 3. The number of rotatable bonds is 95. The minimum atomic E-state index is -4.95. The van der Waals surface area contributed by atoms with Crippen molar-refractivity contribution in [2.75, 3.05) is 39.6 Å². The molecule has 4 N–H and O–H groups in total. The number of unbranched alkanes of at least 4 members (excludes halogenated alkanes) is 40. The predicted octanol–water partition coefficient (Wildman–Crippen LogP) is 32.1. The molecule has 0 rings (SSSR count). The van der Waals surface area contributed by atoms with Gasteiger partial charge >= 0.3 is 33.6 Å². The summed E-state index contributed by atoms with van der Waals surface area (Å²) in [4.78, 5) is 59.2. The van der Waals surface area contributed by atoms with Crippen LogP contribution in [0.2, 0.25) is 0 Å². The van der Waals surface area contributed by atoms with E-state index < -0.39 is 91.5 Å². The van der Waals surface area contributed by atoms with Gasteiger partial charge in [0.05, 0.1) is 26.4 Å². The first-order valence-electron chi connectivity index (χ1n) is 50.7. The number of carbonyl (C=O) groups excluding carboxylic acids is 3. The molecule has 0 fully saturated rings. The quantitative estimate of drug-likeness (QED) is 0.0146. The van der Waals surface area contributed by atoms with Crippen molar-refractivity contribution in [1.82, 2.24) is 0 Å². The Morgan fingerprint density at radius 1 is 0.220 bits per heavy atom. The number of phosphoric ester groups is 2. The lowest BCUT2D eigenvalue weighted by Gasteiger charge is -2.21. The van der Waals surface area contributed by atoms with E-state index in [1.165, 1.54) is 180 Å². The van der Waals surface area contributed by atoms with Crippen LogP contribution in [-0.4, -0.2) is 95.9 Å². The first-order chi connectivity index (χ1) is 62.2. The van der Waals surface area contributed by atoms with Crippen LogP contribution in [0.25, 0.3) is 0 Å². The zero-order valence-electron chi connectivity index (χ0n) is 80.4. The summed E-state index contributed by atoms with van der Waals surface area (Å²) in [5.74, 6) is -1.58. The SMILES string of the molecule is CC/C=C\C/C=C\C/C=C\C/C=C\C/C=C\C/C=C\CCCCCCCCC(=O)OC(COC(=O)CCCCCCCCCCCCCCCCCCC/C=C\C/C=C\C/C=C\C/C=C\C/C=C\CC)COP(=O)(O)OCC(O)COP(=O)(O)OCC(O)COC(=O)CCCCCCCCCCCCCCCCCCC/C=C\C/C=C\C/C=C\C/C=C\C/C=C\CC. The van der Waals surface area contributed by atoms with E-state index in [0.717, 1.165) is 180 Å². The molecule has 0 heterocycles. The van der Waals surface area contributed by atoms with Gasteiger partial charge in [-0.3, -0.25) is 32.5 Å². The predicted molar refractivity (Wildman–Crippen MR) is 537 cm³/mol. The highest BCUT2D eigenvalue weighted by atomic mass is 31.2. The number of allylic oxidation sites excluding steroid dienone is 32. The molecule has 0 aliphatic carbocycles. The molecule has 0 saturated heterocycles. The third kappa shape index (κ3) is 101. The van der Waals surface area contributed by atoms with Gasteiger partial charge in [-0.25, -0.2) is 9.13 Å². The maximum Gasteiger partial charge on any atom is 0.472 e. The molecule has 127 heavy (non-hydrogen) atoms. The van der Waals surface area contributed by atoms with Gasteiger partial charge in [0, 0.05) is 19.3 Å². The normalized spacial score (nSPS) is 14.5. The van der Waals surface area contributed by atoms with Crippen molar-refractivity contribution in [2.45, 2.75) is 437 Å². The van der Waals surface area contributed by atoms with Crippen molar-refractivity contribution in [3.05, 3.63) is 194 Å². The van der Waals surface area contributed by atoms with Crippen LogP contribution in [0, 0.1) is 0 Å². The van der Waals surface area contributed by atoms with E-state index >= 15 is 0 Å². The maximum atomic E-state index is 13.1. The van der Waals surface area contributed by atoms with Crippen molar-refractivity contribution < 1.29 is 75.8 Å². The van der Waals surface area contributed by atoms with E-state index in [0.29, 0.717) is 19.3 Å². The monoisotopic (exact) mass is 1810 g/mol. The summed E-state index contributed by atoms with van der Waals surface area (Å²) < 4.78 is 61.7. The van der Waals surface area contributed by atoms with Gasteiger partial charge in [-0.1, -0.05) is 434 Å². The molecule has 0 aliphatic rings. The molecule has 0 amide bonds. The summed E-state index contributed by atoms with van der Waals surface area (Å²) in [7, 11) is -9.83. The Morgan fingerprint density at radius 2 is 0.394 bits per heavy atom. The fourth-order valence-electron chi connectivity index (χ4n) is 13.8. The lowest BCUT2D eigenvalue weighted by molar-refractivity contribution is -0.161. The van der Waals surface area contributed by atoms with E-state index in [1.54, 1.807) is 0 Å². The number of aliphatic hydroxyl groups is 2. The van der Waals surface area contributed by atoms with Gasteiger partial charge in [0.1, 0.15) is 25.4 Å². The summed E-state index contributed by atoms with van der Waals surface area (Å²) in [6.45, 7) is 2.38. The van der Waals surface area contributed by atoms with Crippen molar-refractivity contribution in [2.24, 2.45) is 0 Å². The third-order valence-electron chi connectivity index (χ3n) is 21.3. The molecule has 0 aromatic carbocycles. The second-order valence-corrected chi connectivity index (χ2v) is 36.4. The van der Waals surface area contributed by atoms with Gasteiger partial charge in [-0.2, -0.15) is 0 Å². The number of esters is 3. The standard InChI is InChI=1S/C109H184O16P2/c1-4-7-10-13-16-19-22-25-28-31-34-37-40-43-45-47-49-51-53-55-57-60-62-65-68-71-74-77-80-83-86-89-92-95-107(112)119-98-104(110)99-121-126(115,116)122-100-105(111)101-123-127(117,118)124-103-106(125-109(114)97-94-91-88-85-82-79-76-73-70-67-64-59-42-39-36-33-30-27-24-21-18-15-12-9-6-3)102-120-108(113)96-93-90-87-84-81-78-75-72-69-66-63-61-58-56-54-52-50-48-46-44-41-38-35-32-29-26-23-20-17-14-11-8-5-2/h7-12,16-21,25-30,34-39,43-46,59,64,70,73,104-106,110-111H,4-6,13-15,22-24,31-33,40-42,47-58,60-63,65-69,71-72,74-103H2,1-3H3,(H,115,116)(H,117,118)/b10-7-,11-8-,12-9-,19-16-,20-17-,21-18-,28-25-,29-26-,30-27-,37-34-,38-35-,39-36-,45-43-,46-44-,64-59-,73-70-. The van der Waals surface area contributed by atoms with Gasteiger partial charge in [-0.05, 0) is 161 Å². The molecule has 5 atom stereocenters. The van der Waals surface area contributed by atoms with Crippen molar-refractivity contribution in [3.8, 4) is 0 Å². The van der Waals surface area contributed by atoms with Crippen LogP contribution in [0.5, 0.6) is 0 Å². The first-order valence-corrected chi connectivity index (χ1v) is 53.7. The molecule has 0 spiro atoms. The van der Waals surface area contributed by atoms with E-state index in [-0.39, 0.29) is 19.3 Å². The van der Waals surface area contributed by atoms with Crippen molar-refractivity contribution in [3.63, 3.8) is 0 Å². The minimum absolute atomic E-state index is 0.0830. The Morgan fingerprint density at radius 3 is 0.622 bits per heavy atom. The van der Waals surface area contributed by atoms with E-state index in [4.69, 9.17) is 32.3 Å². The third-order valence-corrected chi connectivity index (χ3v) is 23.2. The number of aliphatic hydroxyl groups excluding tert-OH is 2. The average Bonchev–Trinajstić information content (AvgIpc) is 0.899. The van der Waals surface area contributed by atoms with Gasteiger partial charge in [0.2, 0.25) is 0 Å². The largest absolute Gasteiger partial charge is 0.472 e. The number of ether oxygens (including phenoxy) is 3. The smallest absolute Gasteiger partial charge is 0.463 e. The number of hydrogen-bond acceptors (Lipinski definition) is 14. The van der Waals surface area contributed by atoms with Crippen LogP contribution in [0.1, 0.15) is 419 Å². The van der Waals surface area contributed by atoms with Crippen molar-refractivity contribution in [1.29, 1.82) is 0 Å². The molecule has 0 bridgehead atoms. The van der Waals surface area contributed by atoms with Crippen LogP contribution >= 0.6 is 15.6 Å². The summed E-state index contributed by atoms with van der Waals surface area (Å²) in [6, 6.07) is 0. The Kier molecular flexibility index (Phi) is 95.0. The maximum absolute atomic E-state index is 13.1. The lowest BCUT2D eigenvalue weighted by Crippen LogP contribution is -2.30. The summed E-state index contributed by atoms with van der Waals surface area (Å²) in [5.41, 5.74) is 0. The zero-order valence-corrected chi connectivity index (χ0v) is 82.2. The average molecular weight is 1810 g/mol. The van der Waals surface area contributed by atoms with Crippen LogP contribution in [-0.2, 0) is 55.8 Å². The van der Waals surface area contributed by atoms with Crippen LogP contribution in [0.15, 0.2) is 194 Å². The molecule has 16 nitrogen and oxygen atoms in total. The van der Waals surface area contributed by atoms with Crippen LogP contribution in [0.3, 0.4) is 0 Å². The Labute approximate surface area is 776 Å². The molecular formula is C109H184O16P2. The summed E-state index contributed by atoms with van der Waals surface area (Å²) in [5, 5.41) is 20.8. The summed E-state index contributed by atoms with van der Waals surface area (Å²) >= 11 is 0. The highest BCUT2D eigenvalue weighted by Crippen LogP contribution is 2.45. The first kappa shape index (κ1) is 121. The molecule has 0 aliphatic heterocycles. The lowest BCUT2D eigenvalue weighted by atomic mass is 10.0. The van der Waals surface area contributed by atoms with Gasteiger partial charge < -0.3 is 34.2 Å². The van der Waals surface area contributed by atoms with Gasteiger partial charge in [0.25, 0.3) is 0 Å². The molecule has 5 unspecified atom stereocenters. The number of hydrogen-bond donors (Lipinski definition) is 4. The van der Waals surface area contributed by atoms with Gasteiger partial charge in [0.15, 0.2) is 6.10 Å². The van der Waals surface area contributed by atoms with Crippen LogP contribution in [0.4, 0.5) is 0 Å². The second-order valence-electron chi connectivity index (χ2n) is 33.5. The highest BCUT2D eigenvalue weighted by Gasteiger charge is 2.30. The molecule has 0 saturated carbocycles. The topological polar surface area (TPSA) is 231 Å². The Hall–Kier alpha value is -5.61. The molecular weight excluding hydrogens is 1630 g/mol. The highest BCUT2D eigenvalue weighted by molar-refractivity contribution is 7.47. The number of phosphoric acid groups is 2. The second kappa shape index (κ2) is 99.4. The Balaban J connectivity index is 4.60. The molecule has 726 valence electrons. The summed E-state index contributed by atoms with van der Waals surface area (Å²) in [6.07, 6.45) is 133. The van der Waals surface area contributed by atoms with E-state index in [9.17, 15) is 43.5 Å². The van der Waals surface area contributed by atoms with Crippen LogP contribution < -0.4 is 0 Å². The van der Waals surface area contributed by atoms with Crippen molar-refractivity contribution >= 4 is 33.6 Å². The van der Waals surface area contributed by atoms with E-state index in [1.807, 2.05) is 0 Å². The zero-order chi connectivity index (χ0) is 92.1.